The molecule has 1 saturated heterocycles. The van der Waals surface area contributed by atoms with Crippen LogP contribution in [0.1, 0.15) is 18.4 Å². The molecule has 0 unspecified atom stereocenters. The first kappa shape index (κ1) is 24.7. The van der Waals surface area contributed by atoms with Crippen molar-refractivity contribution in [1.82, 2.24) is 9.62 Å². The number of hydrogen-bond acceptors (Lipinski definition) is 4. The number of halogens is 3. The van der Waals surface area contributed by atoms with Crippen molar-refractivity contribution in [3.8, 4) is 0 Å². The number of amides is 1. The fourth-order valence-electron chi connectivity index (χ4n) is 3.37. The fraction of sp³-hybridized carbons (Fsp3) is 0.381. The van der Waals surface area contributed by atoms with Crippen molar-refractivity contribution >= 4 is 62.5 Å². The first-order valence-electron chi connectivity index (χ1n) is 9.83. The van der Waals surface area contributed by atoms with Gasteiger partial charge in [-0.15, -0.1) is 0 Å². The minimum absolute atomic E-state index is 0.118. The highest BCUT2D eigenvalue weighted by molar-refractivity contribution is 7.98. The number of carbonyl (C=O) groups excluding carboxylic acids is 1. The lowest BCUT2D eigenvalue weighted by atomic mass is 9.99. The Labute approximate surface area is 202 Å². The second-order valence-corrected chi connectivity index (χ2v) is 11.5. The van der Waals surface area contributed by atoms with E-state index in [2.05, 4.69) is 5.32 Å². The predicted octanol–water partition coefficient (Wildman–Crippen LogP) is 5.10. The molecule has 3 rings (SSSR count). The molecule has 5 nitrogen and oxygen atoms in total. The van der Waals surface area contributed by atoms with E-state index < -0.39 is 10.0 Å². The van der Waals surface area contributed by atoms with Crippen molar-refractivity contribution in [2.75, 3.05) is 25.4 Å². The molecule has 10 heteroatoms. The van der Waals surface area contributed by atoms with E-state index in [-0.39, 0.29) is 23.3 Å². The number of thioether (sulfide) groups is 1. The zero-order chi connectivity index (χ0) is 22.4. The monoisotopic (exact) mass is 520 g/mol. The Balaban J connectivity index is 1.48. The van der Waals surface area contributed by atoms with Gasteiger partial charge in [-0.2, -0.15) is 16.1 Å². The van der Waals surface area contributed by atoms with Crippen LogP contribution in [0, 0.1) is 5.92 Å². The summed E-state index contributed by atoms with van der Waals surface area (Å²) in [6.45, 7) is 1.08. The second kappa shape index (κ2) is 11.3. The summed E-state index contributed by atoms with van der Waals surface area (Å²) in [6, 6.07) is 11.5. The summed E-state index contributed by atoms with van der Waals surface area (Å²) in [5.74, 6) is 0.878. The highest BCUT2D eigenvalue weighted by Crippen LogP contribution is 2.28. The Morgan fingerprint density at radius 3 is 2.45 bits per heavy atom. The summed E-state index contributed by atoms with van der Waals surface area (Å²) >= 11 is 19.8. The first-order chi connectivity index (χ1) is 14.8. The van der Waals surface area contributed by atoms with Crippen molar-refractivity contribution < 1.29 is 13.2 Å². The SMILES string of the molecule is O=C(NCCSCc1c(Cl)cccc1Cl)[C@@H]1CCCN(S(=O)(=O)c2ccc(Cl)cc2)C1. The lowest BCUT2D eigenvalue weighted by molar-refractivity contribution is -0.125. The van der Waals surface area contributed by atoms with E-state index in [0.29, 0.717) is 52.5 Å². The highest BCUT2D eigenvalue weighted by Gasteiger charge is 2.33. The largest absolute Gasteiger partial charge is 0.355 e. The molecule has 0 aromatic heterocycles. The molecule has 0 aliphatic carbocycles. The normalized spacial score (nSPS) is 17.5. The number of piperidine rings is 1. The third-order valence-corrected chi connectivity index (χ3v) is 8.89. The van der Waals surface area contributed by atoms with Crippen LogP contribution in [0.5, 0.6) is 0 Å². The minimum atomic E-state index is -3.65. The molecule has 31 heavy (non-hydrogen) atoms. The molecule has 1 aliphatic rings. The maximum atomic E-state index is 12.9. The third kappa shape index (κ3) is 6.53. The summed E-state index contributed by atoms with van der Waals surface area (Å²) in [5, 5.41) is 4.66. The summed E-state index contributed by atoms with van der Waals surface area (Å²) in [7, 11) is -3.65. The number of hydrogen-bond donors (Lipinski definition) is 1. The van der Waals surface area contributed by atoms with E-state index in [9.17, 15) is 13.2 Å². The molecule has 0 saturated carbocycles. The molecular formula is C21H23Cl3N2O3S2. The highest BCUT2D eigenvalue weighted by atomic mass is 35.5. The molecule has 168 valence electrons. The van der Waals surface area contributed by atoms with E-state index in [1.807, 2.05) is 0 Å². The standard InChI is InChI=1S/C21H23Cl3N2O3S2/c22-16-6-8-17(9-7-16)31(28,29)26-11-2-3-15(13-26)21(27)25-10-12-30-14-18-19(23)4-1-5-20(18)24/h1,4-9,15H,2-3,10-14H2,(H,25,27)/t15-/m1/s1. The molecule has 1 fully saturated rings. The molecule has 0 spiro atoms. The van der Waals surface area contributed by atoms with Gasteiger partial charge in [0.05, 0.1) is 10.8 Å². The summed E-state index contributed by atoms with van der Waals surface area (Å²) in [4.78, 5) is 12.8. The van der Waals surface area contributed by atoms with Crippen LogP contribution in [0.15, 0.2) is 47.4 Å². The molecule has 1 N–H and O–H groups in total. The van der Waals surface area contributed by atoms with Gasteiger partial charge in [0, 0.05) is 46.2 Å². The zero-order valence-electron chi connectivity index (χ0n) is 16.7. The molecule has 2 aromatic rings. The van der Waals surface area contributed by atoms with Crippen molar-refractivity contribution in [2.24, 2.45) is 5.92 Å². The van der Waals surface area contributed by atoms with Gasteiger partial charge in [-0.1, -0.05) is 40.9 Å². The first-order valence-corrected chi connectivity index (χ1v) is 13.6. The number of carbonyl (C=O) groups is 1. The summed E-state index contributed by atoms with van der Waals surface area (Å²) < 4.78 is 27.2. The van der Waals surface area contributed by atoms with Gasteiger partial charge >= 0.3 is 0 Å². The van der Waals surface area contributed by atoms with Gasteiger partial charge in [-0.05, 0) is 54.8 Å². The smallest absolute Gasteiger partial charge is 0.243 e. The number of benzene rings is 2. The Hall–Kier alpha value is -0.960. The van der Waals surface area contributed by atoms with E-state index in [1.165, 1.54) is 16.4 Å². The number of sulfonamides is 1. The Kier molecular flexibility index (Phi) is 8.96. The van der Waals surface area contributed by atoms with Crippen LogP contribution >= 0.6 is 46.6 Å². The van der Waals surface area contributed by atoms with Gasteiger partial charge in [0.25, 0.3) is 0 Å². The Bertz CT molecular complexity index is 997. The molecule has 1 aliphatic heterocycles. The molecule has 0 bridgehead atoms. The summed E-state index contributed by atoms with van der Waals surface area (Å²) in [5.41, 5.74) is 0.887. The van der Waals surface area contributed by atoms with Gasteiger partial charge in [-0.25, -0.2) is 8.42 Å². The number of nitrogens with zero attached hydrogens (tertiary/aromatic N) is 1. The lowest BCUT2D eigenvalue weighted by Crippen LogP contribution is -2.45. The van der Waals surface area contributed by atoms with Crippen molar-refractivity contribution in [3.63, 3.8) is 0 Å². The maximum Gasteiger partial charge on any atom is 0.243 e. The van der Waals surface area contributed by atoms with Crippen LogP contribution in [0.4, 0.5) is 0 Å². The predicted molar refractivity (Wildman–Crippen MR) is 129 cm³/mol. The average Bonchev–Trinajstić information content (AvgIpc) is 2.75. The summed E-state index contributed by atoms with van der Waals surface area (Å²) in [6.07, 6.45) is 1.31. The quantitative estimate of drug-likeness (QED) is 0.491. The van der Waals surface area contributed by atoms with Crippen LogP contribution in [0.3, 0.4) is 0 Å². The fourth-order valence-corrected chi connectivity index (χ4v) is 6.61. The van der Waals surface area contributed by atoms with Crippen molar-refractivity contribution in [2.45, 2.75) is 23.5 Å². The lowest BCUT2D eigenvalue weighted by Gasteiger charge is -2.31. The van der Waals surface area contributed by atoms with Crippen LogP contribution in [0.25, 0.3) is 0 Å². The Morgan fingerprint density at radius 1 is 1.10 bits per heavy atom. The second-order valence-electron chi connectivity index (χ2n) is 7.20. The third-order valence-electron chi connectivity index (χ3n) is 5.06. The van der Waals surface area contributed by atoms with E-state index in [1.54, 1.807) is 42.1 Å². The van der Waals surface area contributed by atoms with Crippen LogP contribution in [0.2, 0.25) is 15.1 Å². The molecule has 1 amide bonds. The van der Waals surface area contributed by atoms with E-state index in [4.69, 9.17) is 34.8 Å². The van der Waals surface area contributed by atoms with Gasteiger partial charge < -0.3 is 5.32 Å². The van der Waals surface area contributed by atoms with Crippen molar-refractivity contribution in [3.05, 3.63) is 63.1 Å². The Morgan fingerprint density at radius 2 is 1.77 bits per heavy atom. The molecule has 2 aromatic carbocycles. The average molecular weight is 522 g/mol. The van der Waals surface area contributed by atoms with Crippen LogP contribution in [-0.4, -0.2) is 44.0 Å². The van der Waals surface area contributed by atoms with Gasteiger partial charge in [-0.3, -0.25) is 4.79 Å². The molecular weight excluding hydrogens is 499 g/mol. The maximum absolute atomic E-state index is 12.9. The van der Waals surface area contributed by atoms with Crippen molar-refractivity contribution in [1.29, 1.82) is 0 Å². The molecule has 1 atom stereocenters. The van der Waals surface area contributed by atoms with Crippen LogP contribution < -0.4 is 5.32 Å². The minimum Gasteiger partial charge on any atom is -0.355 e. The van der Waals surface area contributed by atoms with Gasteiger partial charge in [0.1, 0.15) is 0 Å². The van der Waals surface area contributed by atoms with Gasteiger partial charge in [0.2, 0.25) is 15.9 Å². The molecule has 1 heterocycles. The number of rotatable bonds is 8. The zero-order valence-corrected chi connectivity index (χ0v) is 20.6. The van der Waals surface area contributed by atoms with E-state index in [0.717, 1.165) is 5.56 Å². The number of nitrogens with one attached hydrogen (secondary N) is 1. The van der Waals surface area contributed by atoms with E-state index >= 15 is 0 Å². The van der Waals surface area contributed by atoms with Gasteiger partial charge in [0.15, 0.2) is 0 Å². The molecule has 0 radical (unpaired) electrons. The topological polar surface area (TPSA) is 66.5 Å². The van der Waals surface area contributed by atoms with Crippen LogP contribution in [-0.2, 0) is 20.6 Å².